The molecule has 0 bridgehead atoms. The second-order valence-corrected chi connectivity index (χ2v) is 12.3. The lowest BCUT2D eigenvalue weighted by Crippen LogP contribution is -2.16. The number of allylic oxidation sites excluding steroid dienone is 1. The molecule has 0 N–H and O–H groups in total. The summed E-state index contributed by atoms with van der Waals surface area (Å²) in [4.78, 5) is 24.9. The number of hydrogen-bond donors (Lipinski definition) is 0. The number of rotatable bonds is 31. The summed E-state index contributed by atoms with van der Waals surface area (Å²) >= 11 is 0. The summed E-state index contributed by atoms with van der Waals surface area (Å²) in [6.45, 7) is 5.56. The Hall–Kier alpha value is -1.56. The molecule has 0 saturated carbocycles. The first-order valence-electron chi connectivity index (χ1n) is 17.7. The number of ether oxygens (including phenoxy) is 3. The maximum absolute atomic E-state index is 11.5. The van der Waals surface area contributed by atoms with Crippen LogP contribution in [0.4, 0.5) is 4.79 Å². The molecule has 0 saturated heterocycles. The van der Waals surface area contributed by atoms with Gasteiger partial charge in [0.1, 0.15) is 6.10 Å². The van der Waals surface area contributed by atoms with Gasteiger partial charge in [0.05, 0.1) is 13.2 Å². The predicted molar refractivity (Wildman–Crippen MR) is 177 cm³/mol. The molecule has 0 aliphatic heterocycles. The van der Waals surface area contributed by atoms with Crippen molar-refractivity contribution in [2.45, 2.75) is 174 Å². The quantitative estimate of drug-likeness (QED) is 0.0451. The third-order valence-corrected chi connectivity index (χ3v) is 7.73. The molecule has 0 aromatic carbocycles. The average molecular weight is 596 g/mol. The van der Waals surface area contributed by atoms with Gasteiger partial charge in [-0.15, -0.1) is 0 Å². The fourth-order valence-electron chi connectivity index (χ4n) is 5.20. The summed E-state index contributed by atoms with van der Waals surface area (Å²) in [5.74, 6) is -0.154. The molecule has 0 amide bonds. The van der Waals surface area contributed by atoms with Crippen LogP contribution >= 0.6 is 0 Å². The van der Waals surface area contributed by atoms with Crippen LogP contribution in [0, 0.1) is 0 Å². The molecule has 0 fully saturated rings. The fraction of sp³-hybridized carbons (Fsp3) is 0.889. The fourth-order valence-corrected chi connectivity index (χ4v) is 5.20. The molecular formula is C36H69NO5. The third kappa shape index (κ3) is 32.9. The van der Waals surface area contributed by atoms with Gasteiger partial charge in [-0.25, -0.2) is 4.79 Å². The van der Waals surface area contributed by atoms with Crippen LogP contribution in [-0.2, 0) is 19.0 Å². The second-order valence-electron chi connectivity index (χ2n) is 12.3. The van der Waals surface area contributed by atoms with Gasteiger partial charge in [-0.3, -0.25) is 4.79 Å². The van der Waals surface area contributed by atoms with Crippen LogP contribution in [0.25, 0.3) is 0 Å². The van der Waals surface area contributed by atoms with Crippen molar-refractivity contribution in [2.75, 3.05) is 33.9 Å². The van der Waals surface area contributed by atoms with E-state index in [0.717, 1.165) is 51.5 Å². The summed E-state index contributed by atoms with van der Waals surface area (Å²) in [5, 5.41) is 0. The molecule has 42 heavy (non-hydrogen) atoms. The lowest BCUT2D eigenvalue weighted by molar-refractivity contribution is -0.146. The van der Waals surface area contributed by atoms with Crippen LogP contribution in [0.2, 0.25) is 0 Å². The van der Waals surface area contributed by atoms with E-state index in [4.69, 9.17) is 14.2 Å². The normalized spacial score (nSPS) is 12.2. The first-order valence-corrected chi connectivity index (χ1v) is 17.7. The van der Waals surface area contributed by atoms with E-state index in [-0.39, 0.29) is 12.1 Å². The highest BCUT2D eigenvalue weighted by Gasteiger charge is 2.09. The molecule has 0 aliphatic rings. The first kappa shape index (κ1) is 40.4. The van der Waals surface area contributed by atoms with Crippen molar-refractivity contribution in [3.63, 3.8) is 0 Å². The molecule has 1 unspecified atom stereocenters. The van der Waals surface area contributed by atoms with Crippen LogP contribution in [0.15, 0.2) is 12.2 Å². The van der Waals surface area contributed by atoms with Gasteiger partial charge in [-0.05, 0) is 52.6 Å². The van der Waals surface area contributed by atoms with Gasteiger partial charge in [0.2, 0.25) is 0 Å². The van der Waals surface area contributed by atoms with Gasteiger partial charge in [-0.1, -0.05) is 128 Å². The van der Waals surface area contributed by atoms with Crippen molar-refractivity contribution in [3.8, 4) is 0 Å². The van der Waals surface area contributed by atoms with Gasteiger partial charge >= 0.3 is 12.1 Å². The first-order chi connectivity index (χ1) is 20.5. The zero-order chi connectivity index (χ0) is 30.9. The Labute approximate surface area is 260 Å². The van der Waals surface area contributed by atoms with Gasteiger partial charge in [0, 0.05) is 19.9 Å². The van der Waals surface area contributed by atoms with E-state index < -0.39 is 6.16 Å². The minimum Gasteiger partial charge on any atom is -0.462 e. The molecule has 248 valence electrons. The highest BCUT2D eigenvalue weighted by atomic mass is 16.7. The zero-order valence-corrected chi connectivity index (χ0v) is 28.3. The minimum absolute atomic E-state index is 0.0562. The summed E-state index contributed by atoms with van der Waals surface area (Å²) in [6.07, 6.45) is 33.7. The molecule has 0 aliphatic carbocycles. The van der Waals surface area contributed by atoms with Crippen molar-refractivity contribution in [3.05, 3.63) is 12.2 Å². The number of carbonyl (C=O) groups excluding carboxylic acids is 2. The van der Waals surface area contributed by atoms with E-state index >= 15 is 0 Å². The molecule has 0 aromatic rings. The lowest BCUT2D eigenvalue weighted by atomic mass is 10.0. The molecule has 0 radical (unpaired) electrons. The van der Waals surface area contributed by atoms with Crippen LogP contribution in [0.5, 0.6) is 0 Å². The standard InChI is InChI=1S/C36H69NO5/c1-5-6-7-25-29-35(42-34(2)38)30-26-23-21-19-17-15-13-11-9-8-10-12-14-16-18-20-22-24-27-32-40-36(39)41-33-28-31-37(3)4/h23,26,35H,5-22,24-25,27-33H2,1-4H3. The highest BCUT2D eigenvalue weighted by molar-refractivity contribution is 5.66. The Morgan fingerprint density at radius 1 is 0.619 bits per heavy atom. The smallest absolute Gasteiger partial charge is 0.462 e. The van der Waals surface area contributed by atoms with Crippen molar-refractivity contribution < 1.29 is 23.8 Å². The van der Waals surface area contributed by atoms with E-state index in [9.17, 15) is 9.59 Å². The lowest BCUT2D eigenvalue weighted by Gasteiger charge is -2.15. The molecule has 0 rings (SSSR count). The molecule has 0 aromatic heterocycles. The third-order valence-electron chi connectivity index (χ3n) is 7.73. The van der Waals surface area contributed by atoms with E-state index in [1.54, 1.807) is 0 Å². The molecule has 0 spiro atoms. The Bertz CT molecular complexity index is 622. The van der Waals surface area contributed by atoms with E-state index in [2.05, 4.69) is 24.0 Å². The Morgan fingerprint density at radius 3 is 1.60 bits per heavy atom. The Morgan fingerprint density at radius 2 is 1.10 bits per heavy atom. The molecular weight excluding hydrogens is 526 g/mol. The van der Waals surface area contributed by atoms with Gasteiger partial charge < -0.3 is 19.1 Å². The monoisotopic (exact) mass is 596 g/mol. The largest absolute Gasteiger partial charge is 0.508 e. The van der Waals surface area contributed by atoms with Crippen molar-refractivity contribution in [1.29, 1.82) is 0 Å². The predicted octanol–water partition coefficient (Wildman–Crippen LogP) is 10.6. The average Bonchev–Trinajstić information content (AvgIpc) is 2.95. The number of nitrogens with zero attached hydrogens (tertiary/aromatic N) is 1. The zero-order valence-electron chi connectivity index (χ0n) is 28.3. The van der Waals surface area contributed by atoms with Crippen LogP contribution in [0.1, 0.15) is 168 Å². The molecule has 1 atom stereocenters. The molecule has 6 nitrogen and oxygen atoms in total. The number of hydrogen-bond acceptors (Lipinski definition) is 6. The van der Waals surface area contributed by atoms with Gasteiger partial charge in [0.25, 0.3) is 0 Å². The van der Waals surface area contributed by atoms with E-state index in [1.807, 2.05) is 14.1 Å². The maximum Gasteiger partial charge on any atom is 0.508 e. The summed E-state index contributed by atoms with van der Waals surface area (Å²) in [6, 6.07) is 0. The van der Waals surface area contributed by atoms with Crippen molar-refractivity contribution in [2.24, 2.45) is 0 Å². The molecule has 6 heteroatoms. The Kier molecular flexibility index (Phi) is 31.2. The van der Waals surface area contributed by atoms with Crippen LogP contribution in [0.3, 0.4) is 0 Å². The number of carbonyl (C=O) groups is 2. The van der Waals surface area contributed by atoms with Gasteiger partial charge in [-0.2, -0.15) is 0 Å². The van der Waals surface area contributed by atoms with E-state index in [0.29, 0.717) is 13.2 Å². The number of esters is 1. The second kappa shape index (κ2) is 32.4. The molecule has 0 heterocycles. The van der Waals surface area contributed by atoms with E-state index in [1.165, 1.54) is 116 Å². The minimum atomic E-state index is -0.523. The topological polar surface area (TPSA) is 65.1 Å². The highest BCUT2D eigenvalue weighted by Crippen LogP contribution is 2.15. The van der Waals surface area contributed by atoms with Crippen molar-refractivity contribution in [1.82, 2.24) is 4.90 Å². The number of unbranched alkanes of at least 4 members (excludes halogenated alkanes) is 19. The van der Waals surface area contributed by atoms with Crippen LogP contribution < -0.4 is 0 Å². The van der Waals surface area contributed by atoms with Crippen LogP contribution in [-0.4, -0.2) is 57.0 Å². The Balaban J connectivity index is 3.35. The van der Waals surface area contributed by atoms with Gasteiger partial charge in [0.15, 0.2) is 0 Å². The summed E-state index contributed by atoms with van der Waals surface area (Å²) < 4.78 is 15.7. The summed E-state index contributed by atoms with van der Waals surface area (Å²) in [7, 11) is 4.02. The SMILES string of the molecule is CCCCCCC(CC=CCCCCCCCCCCCCCCCCCCOC(=O)OCCCN(C)C)OC(C)=O. The summed E-state index contributed by atoms with van der Waals surface area (Å²) in [5.41, 5.74) is 0. The maximum atomic E-state index is 11.5. The van der Waals surface area contributed by atoms with Crippen molar-refractivity contribution >= 4 is 12.1 Å².